The Morgan fingerprint density at radius 3 is 1.94 bits per heavy atom. The second-order valence-corrected chi connectivity index (χ2v) is 3.12. The van der Waals surface area contributed by atoms with E-state index in [1.54, 1.807) is 0 Å². The smallest absolute Gasteiger partial charge is 0.320 e. The van der Waals surface area contributed by atoms with Crippen LogP contribution in [0, 0.1) is 5.92 Å². The summed E-state index contributed by atoms with van der Waals surface area (Å²) < 4.78 is 0. The molecule has 16 heavy (non-hydrogen) atoms. The van der Waals surface area contributed by atoms with Gasteiger partial charge in [-0.3, -0.25) is 19.7 Å². The molecule has 0 radical (unpaired) electrons. The molecule has 2 unspecified atom stereocenters. The lowest BCUT2D eigenvalue weighted by molar-refractivity contribution is -0.145. The number of carboxylic acid groups (broad SMARTS) is 3. The summed E-state index contributed by atoms with van der Waals surface area (Å²) >= 11 is 0. The van der Waals surface area contributed by atoms with Crippen molar-refractivity contribution in [3.05, 3.63) is 0 Å². The fourth-order valence-electron chi connectivity index (χ4n) is 1.02. The van der Waals surface area contributed by atoms with Gasteiger partial charge in [-0.2, -0.15) is 0 Å². The number of hydrogen-bond donors (Lipinski definition) is 5. The minimum atomic E-state index is -1.36. The van der Waals surface area contributed by atoms with Crippen LogP contribution in [-0.4, -0.2) is 57.5 Å². The second-order valence-electron chi connectivity index (χ2n) is 3.12. The van der Waals surface area contributed by atoms with E-state index < -0.39 is 43.0 Å². The molecule has 0 spiro atoms. The molecule has 0 aromatic carbocycles. The Labute approximate surface area is 90.5 Å². The van der Waals surface area contributed by atoms with E-state index in [9.17, 15) is 14.4 Å². The number of carbonyl (C=O) groups is 3. The molecule has 0 amide bonds. The van der Waals surface area contributed by atoms with E-state index >= 15 is 0 Å². The van der Waals surface area contributed by atoms with Crippen molar-refractivity contribution in [2.24, 2.45) is 5.92 Å². The monoisotopic (exact) mass is 235 g/mol. The molecule has 0 rings (SSSR count). The summed E-state index contributed by atoms with van der Waals surface area (Å²) in [6.07, 6.45) is -0.381. The lowest BCUT2D eigenvalue weighted by atomic mass is 10.0. The molecule has 0 aromatic rings. The average Bonchev–Trinajstić information content (AvgIpc) is 2.16. The molecule has 0 aromatic heterocycles. The lowest BCUT2D eigenvalue weighted by Gasteiger charge is -2.16. The normalized spacial score (nSPS) is 14.1. The molecule has 92 valence electrons. The van der Waals surface area contributed by atoms with Crippen molar-refractivity contribution >= 4 is 17.9 Å². The van der Waals surface area contributed by atoms with Crippen LogP contribution in [0.25, 0.3) is 0 Å². The second kappa shape index (κ2) is 6.75. The van der Waals surface area contributed by atoms with Crippen molar-refractivity contribution in [1.82, 2.24) is 5.32 Å². The number of nitrogens with one attached hydrogen (secondary N) is 1. The Morgan fingerprint density at radius 2 is 1.62 bits per heavy atom. The molecular formula is C8H13NO7. The van der Waals surface area contributed by atoms with Crippen molar-refractivity contribution in [1.29, 1.82) is 0 Å². The maximum Gasteiger partial charge on any atom is 0.320 e. The van der Waals surface area contributed by atoms with Gasteiger partial charge in [0, 0.05) is 0 Å². The third kappa shape index (κ3) is 5.27. The van der Waals surface area contributed by atoms with Crippen LogP contribution in [0.5, 0.6) is 0 Å². The molecule has 0 aliphatic rings. The number of hydrogen-bond acceptors (Lipinski definition) is 5. The summed E-state index contributed by atoms with van der Waals surface area (Å²) in [7, 11) is 0. The zero-order valence-corrected chi connectivity index (χ0v) is 8.29. The van der Waals surface area contributed by atoms with Crippen LogP contribution in [0.2, 0.25) is 0 Å². The van der Waals surface area contributed by atoms with E-state index in [0.717, 1.165) is 0 Å². The third-order valence-electron chi connectivity index (χ3n) is 1.89. The predicted molar refractivity (Wildman–Crippen MR) is 49.9 cm³/mol. The van der Waals surface area contributed by atoms with Crippen molar-refractivity contribution in [3.63, 3.8) is 0 Å². The molecule has 5 N–H and O–H groups in total. The minimum absolute atomic E-state index is 0.381. The van der Waals surface area contributed by atoms with Crippen LogP contribution < -0.4 is 5.32 Å². The fraction of sp³-hybridized carbons (Fsp3) is 0.625. The number of rotatable bonds is 8. The first-order valence-electron chi connectivity index (χ1n) is 4.40. The van der Waals surface area contributed by atoms with Gasteiger partial charge in [0.15, 0.2) is 0 Å². The van der Waals surface area contributed by atoms with Crippen molar-refractivity contribution < 1.29 is 34.8 Å². The van der Waals surface area contributed by atoms with Gasteiger partial charge in [0.05, 0.1) is 19.1 Å². The van der Waals surface area contributed by atoms with Gasteiger partial charge >= 0.3 is 17.9 Å². The van der Waals surface area contributed by atoms with Crippen LogP contribution in [0.3, 0.4) is 0 Å². The zero-order valence-electron chi connectivity index (χ0n) is 8.29. The predicted octanol–water partition coefficient (Wildman–Crippen LogP) is -1.80. The van der Waals surface area contributed by atoms with Crippen LogP contribution >= 0.6 is 0 Å². The Balaban J connectivity index is 4.37. The van der Waals surface area contributed by atoms with E-state index in [2.05, 4.69) is 5.32 Å². The molecule has 2 atom stereocenters. The van der Waals surface area contributed by atoms with Gasteiger partial charge in [0.1, 0.15) is 6.04 Å². The molecular weight excluding hydrogens is 222 g/mol. The third-order valence-corrected chi connectivity index (χ3v) is 1.89. The highest BCUT2D eigenvalue weighted by Gasteiger charge is 2.26. The topological polar surface area (TPSA) is 144 Å². The summed E-state index contributed by atoms with van der Waals surface area (Å²) in [6.45, 7) is -1.29. The largest absolute Gasteiger partial charge is 0.481 e. The summed E-state index contributed by atoms with van der Waals surface area (Å²) in [5, 5.41) is 36.4. The van der Waals surface area contributed by atoms with Gasteiger partial charge in [-0.1, -0.05) is 0 Å². The van der Waals surface area contributed by atoms with Crippen LogP contribution in [0.1, 0.15) is 6.42 Å². The number of aliphatic carboxylic acids is 3. The molecule has 8 nitrogen and oxygen atoms in total. The number of aliphatic hydroxyl groups excluding tert-OH is 1. The highest BCUT2D eigenvalue weighted by atomic mass is 16.4. The average molecular weight is 235 g/mol. The van der Waals surface area contributed by atoms with Crippen LogP contribution in [0.15, 0.2) is 0 Å². The summed E-state index contributed by atoms with van der Waals surface area (Å²) in [5.41, 5.74) is 0. The van der Waals surface area contributed by atoms with Crippen LogP contribution in [-0.2, 0) is 14.4 Å². The van der Waals surface area contributed by atoms with Gasteiger partial charge in [-0.15, -0.1) is 0 Å². The molecule has 0 aliphatic heterocycles. The maximum atomic E-state index is 10.7. The summed E-state index contributed by atoms with van der Waals surface area (Å²) in [5.74, 6) is -5.17. The molecule has 8 heteroatoms. The van der Waals surface area contributed by atoms with E-state index in [0.29, 0.717) is 0 Å². The van der Waals surface area contributed by atoms with E-state index in [-0.39, 0.29) is 6.42 Å². The highest BCUT2D eigenvalue weighted by molar-refractivity contribution is 5.77. The maximum absolute atomic E-state index is 10.7. The summed E-state index contributed by atoms with van der Waals surface area (Å²) in [4.78, 5) is 31.4. The van der Waals surface area contributed by atoms with Gasteiger partial charge < -0.3 is 20.4 Å². The Kier molecular flexibility index (Phi) is 6.04. The lowest BCUT2D eigenvalue weighted by Crippen LogP contribution is -2.42. The first-order chi connectivity index (χ1) is 7.38. The number of carboxylic acids is 3. The molecule has 0 saturated heterocycles. The van der Waals surface area contributed by atoms with Crippen molar-refractivity contribution in [2.75, 3.05) is 13.2 Å². The van der Waals surface area contributed by atoms with Crippen LogP contribution in [0.4, 0.5) is 0 Å². The van der Waals surface area contributed by atoms with E-state index in [1.807, 2.05) is 0 Å². The number of aliphatic hydroxyl groups is 1. The standard InChI is InChI=1S/C8H13NO7/c10-3-4(7(13)14)1-5(8(15)16)9-2-6(11)12/h4-5,9-10H,1-3H2,(H,11,12)(H,13,14)(H,15,16). The van der Waals surface area contributed by atoms with Gasteiger partial charge in [0.25, 0.3) is 0 Å². The first kappa shape index (κ1) is 14.3. The Hall–Kier alpha value is -1.67. The van der Waals surface area contributed by atoms with E-state index in [1.165, 1.54) is 0 Å². The fourth-order valence-corrected chi connectivity index (χ4v) is 1.02. The molecule has 0 fully saturated rings. The van der Waals surface area contributed by atoms with Crippen molar-refractivity contribution in [3.8, 4) is 0 Å². The Morgan fingerprint density at radius 1 is 1.06 bits per heavy atom. The minimum Gasteiger partial charge on any atom is -0.481 e. The molecule has 0 aliphatic carbocycles. The molecule has 0 bridgehead atoms. The molecule has 0 saturated carbocycles. The van der Waals surface area contributed by atoms with E-state index in [4.69, 9.17) is 20.4 Å². The summed E-state index contributed by atoms with van der Waals surface area (Å²) in [6, 6.07) is -1.32. The quantitative estimate of drug-likeness (QED) is 0.331. The highest BCUT2D eigenvalue weighted by Crippen LogP contribution is 2.07. The first-order valence-corrected chi connectivity index (χ1v) is 4.40. The zero-order chi connectivity index (χ0) is 12.7. The Bertz CT molecular complexity index is 278. The van der Waals surface area contributed by atoms with Gasteiger partial charge in [0.2, 0.25) is 0 Å². The molecule has 0 heterocycles. The van der Waals surface area contributed by atoms with Crippen molar-refractivity contribution in [2.45, 2.75) is 12.5 Å². The van der Waals surface area contributed by atoms with Gasteiger partial charge in [-0.25, -0.2) is 0 Å². The SMILES string of the molecule is O=C(O)CNC(CC(CO)C(=O)O)C(=O)O. The van der Waals surface area contributed by atoms with Gasteiger partial charge in [-0.05, 0) is 6.42 Å².